The van der Waals surface area contributed by atoms with Gasteiger partial charge in [-0.05, 0) is 38.5 Å². The lowest BCUT2D eigenvalue weighted by molar-refractivity contribution is -0.303. The van der Waals surface area contributed by atoms with Crippen molar-refractivity contribution in [3.05, 3.63) is 0 Å². The fourth-order valence-corrected chi connectivity index (χ4v) is 2.63. The average Bonchev–Trinajstić information content (AvgIpc) is 2.24. The molecule has 0 aliphatic carbocycles. The summed E-state index contributed by atoms with van der Waals surface area (Å²) in [6, 6.07) is 0. The van der Waals surface area contributed by atoms with Gasteiger partial charge in [-0.25, -0.2) is 0 Å². The van der Waals surface area contributed by atoms with E-state index in [0.29, 0.717) is 12.8 Å². The second-order valence-electron chi connectivity index (χ2n) is 7.53. The highest BCUT2D eigenvalue weighted by molar-refractivity contribution is 4.81. The molecule has 1 aliphatic heterocycles. The molecular formula is C16H32O4. The maximum Gasteiger partial charge on any atom is 0.163 e. The van der Waals surface area contributed by atoms with Crippen LogP contribution >= 0.6 is 0 Å². The van der Waals surface area contributed by atoms with Crippen molar-refractivity contribution in [2.24, 2.45) is 5.41 Å². The van der Waals surface area contributed by atoms with Gasteiger partial charge in [-0.2, -0.15) is 0 Å². The van der Waals surface area contributed by atoms with E-state index < -0.39 is 18.0 Å². The molecule has 4 atom stereocenters. The van der Waals surface area contributed by atoms with Crippen LogP contribution in [0, 0.1) is 5.41 Å². The molecule has 0 saturated carbocycles. The first-order chi connectivity index (χ1) is 9.03. The van der Waals surface area contributed by atoms with E-state index in [2.05, 4.69) is 6.92 Å². The standard InChI is InChI=1S/C16H32O4/c1-7-12-10-13(20-16(5,6)19-12)8-11(17)9-14(18)15(2,3)4/h11-14,17-18H,7-10H2,1-6H3/t11-,12+,13+,14+/m0/s1. The van der Waals surface area contributed by atoms with Crippen LogP contribution in [-0.4, -0.2) is 40.4 Å². The highest BCUT2D eigenvalue weighted by Crippen LogP contribution is 2.31. The van der Waals surface area contributed by atoms with Crippen LogP contribution in [0.2, 0.25) is 0 Å². The first-order valence-corrected chi connectivity index (χ1v) is 7.75. The Morgan fingerprint density at radius 1 is 1.15 bits per heavy atom. The lowest BCUT2D eigenvalue weighted by Gasteiger charge is -2.41. The van der Waals surface area contributed by atoms with Crippen molar-refractivity contribution in [3.8, 4) is 0 Å². The van der Waals surface area contributed by atoms with Gasteiger partial charge in [0, 0.05) is 6.42 Å². The molecule has 1 saturated heterocycles. The zero-order chi connectivity index (χ0) is 15.6. The van der Waals surface area contributed by atoms with Crippen LogP contribution in [0.1, 0.15) is 67.2 Å². The van der Waals surface area contributed by atoms with Gasteiger partial charge in [-0.15, -0.1) is 0 Å². The summed E-state index contributed by atoms with van der Waals surface area (Å²) in [6.45, 7) is 11.9. The number of aliphatic hydroxyl groups is 2. The normalized spacial score (nSPS) is 30.0. The Hall–Kier alpha value is -0.160. The monoisotopic (exact) mass is 288 g/mol. The highest BCUT2D eigenvalue weighted by atomic mass is 16.7. The number of rotatable bonds is 5. The molecule has 0 aromatic heterocycles. The second-order valence-corrected chi connectivity index (χ2v) is 7.53. The van der Waals surface area contributed by atoms with Crippen molar-refractivity contribution in [3.63, 3.8) is 0 Å². The fourth-order valence-electron chi connectivity index (χ4n) is 2.63. The van der Waals surface area contributed by atoms with Crippen LogP contribution in [-0.2, 0) is 9.47 Å². The quantitative estimate of drug-likeness (QED) is 0.816. The Labute approximate surface area is 123 Å². The maximum atomic E-state index is 10.2. The first-order valence-electron chi connectivity index (χ1n) is 7.75. The summed E-state index contributed by atoms with van der Waals surface area (Å²) in [7, 11) is 0. The summed E-state index contributed by atoms with van der Waals surface area (Å²) < 4.78 is 11.7. The maximum absolute atomic E-state index is 10.2. The Morgan fingerprint density at radius 3 is 2.20 bits per heavy atom. The van der Waals surface area contributed by atoms with E-state index in [-0.39, 0.29) is 17.6 Å². The van der Waals surface area contributed by atoms with Crippen molar-refractivity contribution in [1.29, 1.82) is 0 Å². The molecule has 4 nitrogen and oxygen atoms in total. The molecule has 20 heavy (non-hydrogen) atoms. The fraction of sp³-hybridized carbons (Fsp3) is 1.00. The molecule has 1 aliphatic rings. The molecule has 0 amide bonds. The van der Waals surface area contributed by atoms with E-state index in [1.54, 1.807) is 0 Å². The Balaban J connectivity index is 2.50. The summed E-state index contributed by atoms with van der Waals surface area (Å²) in [5.74, 6) is -0.591. The van der Waals surface area contributed by atoms with Crippen LogP contribution in [0.25, 0.3) is 0 Å². The molecule has 120 valence electrons. The van der Waals surface area contributed by atoms with E-state index >= 15 is 0 Å². The molecule has 1 fully saturated rings. The zero-order valence-electron chi connectivity index (χ0n) is 13.8. The number of ether oxygens (including phenoxy) is 2. The molecule has 0 aromatic carbocycles. The van der Waals surface area contributed by atoms with Gasteiger partial charge in [0.15, 0.2) is 5.79 Å². The van der Waals surface area contributed by atoms with Crippen LogP contribution in [0.4, 0.5) is 0 Å². The van der Waals surface area contributed by atoms with Gasteiger partial charge >= 0.3 is 0 Å². The molecule has 4 heteroatoms. The summed E-state index contributed by atoms with van der Waals surface area (Å²) in [5.41, 5.74) is -0.206. The predicted molar refractivity (Wildman–Crippen MR) is 79.4 cm³/mol. The smallest absolute Gasteiger partial charge is 0.163 e. The van der Waals surface area contributed by atoms with Gasteiger partial charge in [0.1, 0.15) is 0 Å². The van der Waals surface area contributed by atoms with E-state index in [9.17, 15) is 10.2 Å². The molecule has 0 radical (unpaired) electrons. The topological polar surface area (TPSA) is 58.9 Å². The highest BCUT2D eigenvalue weighted by Gasteiger charge is 2.36. The van der Waals surface area contributed by atoms with Gasteiger partial charge in [-0.1, -0.05) is 27.7 Å². The number of aliphatic hydroxyl groups excluding tert-OH is 2. The third-order valence-electron chi connectivity index (χ3n) is 3.91. The first kappa shape index (κ1) is 17.9. The van der Waals surface area contributed by atoms with E-state index in [4.69, 9.17) is 9.47 Å². The molecule has 0 unspecified atom stereocenters. The number of hydrogen-bond donors (Lipinski definition) is 2. The average molecular weight is 288 g/mol. The minimum Gasteiger partial charge on any atom is -0.393 e. The summed E-state index contributed by atoms with van der Waals surface area (Å²) >= 11 is 0. The third kappa shape index (κ3) is 5.68. The summed E-state index contributed by atoms with van der Waals surface area (Å²) in [4.78, 5) is 0. The van der Waals surface area contributed by atoms with Crippen LogP contribution in [0.5, 0.6) is 0 Å². The largest absolute Gasteiger partial charge is 0.393 e. The third-order valence-corrected chi connectivity index (χ3v) is 3.91. The molecule has 2 N–H and O–H groups in total. The van der Waals surface area contributed by atoms with E-state index in [1.165, 1.54) is 0 Å². The Kier molecular flexibility index (Phi) is 6.02. The van der Waals surface area contributed by atoms with Crippen molar-refractivity contribution in [1.82, 2.24) is 0 Å². The van der Waals surface area contributed by atoms with Gasteiger partial charge in [0.05, 0.1) is 24.4 Å². The van der Waals surface area contributed by atoms with Crippen LogP contribution in [0.3, 0.4) is 0 Å². The lowest BCUT2D eigenvalue weighted by atomic mass is 9.85. The Morgan fingerprint density at radius 2 is 1.70 bits per heavy atom. The number of hydrogen-bond acceptors (Lipinski definition) is 4. The summed E-state index contributed by atoms with van der Waals surface area (Å²) in [5, 5.41) is 20.2. The molecular weight excluding hydrogens is 256 g/mol. The van der Waals surface area contributed by atoms with Crippen molar-refractivity contribution in [2.75, 3.05) is 0 Å². The molecule has 0 aromatic rings. The van der Waals surface area contributed by atoms with E-state index in [0.717, 1.165) is 12.8 Å². The van der Waals surface area contributed by atoms with Crippen LogP contribution in [0.15, 0.2) is 0 Å². The van der Waals surface area contributed by atoms with E-state index in [1.807, 2.05) is 34.6 Å². The molecule has 1 heterocycles. The SMILES string of the molecule is CC[C@@H]1C[C@@H](C[C@H](O)C[C@@H](O)C(C)(C)C)OC(C)(C)O1. The minimum absolute atomic E-state index is 0.00846. The second kappa shape index (κ2) is 6.73. The van der Waals surface area contributed by atoms with Crippen molar-refractivity contribution >= 4 is 0 Å². The predicted octanol–water partition coefficient (Wildman–Crippen LogP) is 2.85. The van der Waals surface area contributed by atoms with Crippen molar-refractivity contribution in [2.45, 2.75) is 97.4 Å². The Bertz CT molecular complexity index is 295. The molecule has 0 bridgehead atoms. The zero-order valence-corrected chi connectivity index (χ0v) is 13.8. The minimum atomic E-state index is -0.591. The van der Waals surface area contributed by atoms with Gasteiger partial charge in [-0.3, -0.25) is 0 Å². The van der Waals surface area contributed by atoms with Crippen LogP contribution < -0.4 is 0 Å². The van der Waals surface area contributed by atoms with Gasteiger partial charge < -0.3 is 19.7 Å². The van der Waals surface area contributed by atoms with Crippen molar-refractivity contribution < 1.29 is 19.7 Å². The van der Waals surface area contributed by atoms with Gasteiger partial charge in [0.25, 0.3) is 0 Å². The lowest BCUT2D eigenvalue weighted by Crippen LogP contribution is -2.45. The molecule has 0 spiro atoms. The summed E-state index contributed by atoms with van der Waals surface area (Å²) in [6.07, 6.45) is 1.83. The molecule has 1 rings (SSSR count). The van der Waals surface area contributed by atoms with Gasteiger partial charge in [0.2, 0.25) is 0 Å².